The van der Waals surface area contributed by atoms with Crippen LogP contribution in [0.1, 0.15) is 37.2 Å². The van der Waals surface area contributed by atoms with Crippen LogP contribution in [0.15, 0.2) is 47.3 Å². The summed E-state index contributed by atoms with van der Waals surface area (Å²) in [5.41, 5.74) is 0.465. The van der Waals surface area contributed by atoms with Crippen molar-refractivity contribution < 1.29 is 9.59 Å². The molecule has 0 radical (unpaired) electrons. The summed E-state index contributed by atoms with van der Waals surface area (Å²) < 4.78 is 0. The standard InChI is InChI=1S/C23H23N5O3/c29-18-13-16(21(30)24-17-10-6-8-14-7-2-3-9-15(14)17)19-20(25-18)26-23(27-22(19)31)28-11-4-1-5-12-28/h2-3,6-10,16H,1,4-5,11-13H2,(H,24,30)(H2,25,26,27,29,31)/t16-/m0/s1. The average Bonchev–Trinajstić information content (AvgIpc) is 2.79. The number of aromatic amines is 1. The molecule has 1 fully saturated rings. The number of piperidine rings is 1. The Kier molecular flexibility index (Phi) is 4.89. The Labute approximate surface area is 178 Å². The van der Waals surface area contributed by atoms with Gasteiger partial charge in [-0.05, 0) is 30.7 Å². The molecular formula is C23H23N5O3. The fraction of sp³-hybridized carbons (Fsp3) is 0.304. The van der Waals surface area contributed by atoms with E-state index in [4.69, 9.17) is 0 Å². The van der Waals surface area contributed by atoms with Crippen LogP contribution in [-0.2, 0) is 9.59 Å². The molecule has 0 aliphatic carbocycles. The number of hydrogen-bond donors (Lipinski definition) is 3. The molecule has 5 rings (SSSR count). The highest BCUT2D eigenvalue weighted by Gasteiger charge is 2.35. The Hall–Kier alpha value is -3.68. The van der Waals surface area contributed by atoms with Crippen molar-refractivity contribution in [3.05, 3.63) is 58.4 Å². The first-order valence-corrected chi connectivity index (χ1v) is 10.6. The van der Waals surface area contributed by atoms with Crippen LogP contribution < -0.4 is 21.1 Å². The third kappa shape index (κ3) is 3.65. The molecule has 8 nitrogen and oxygen atoms in total. The first kappa shape index (κ1) is 19.3. The maximum absolute atomic E-state index is 13.2. The number of aromatic nitrogens is 2. The summed E-state index contributed by atoms with van der Waals surface area (Å²) >= 11 is 0. The zero-order valence-corrected chi connectivity index (χ0v) is 17.0. The molecule has 0 bridgehead atoms. The molecule has 31 heavy (non-hydrogen) atoms. The van der Waals surface area contributed by atoms with Crippen molar-refractivity contribution in [2.75, 3.05) is 28.6 Å². The van der Waals surface area contributed by atoms with Crippen LogP contribution in [0, 0.1) is 0 Å². The summed E-state index contributed by atoms with van der Waals surface area (Å²) in [5, 5.41) is 7.48. The fourth-order valence-corrected chi connectivity index (χ4v) is 4.39. The smallest absolute Gasteiger partial charge is 0.258 e. The second kappa shape index (κ2) is 7.86. The Balaban J connectivity index is 1.48. The Morgan fingerprint density at radius 3 is 2.65 bits per heavy atom. The molecule has 2 aromatic carbocycles. The van der Waals surface area contributed by atoms with Gasteiger partial charge in [0.2, 0.25) is 17.8 Å². The largest absolute Gasteiger partial charge is 0.342 e. The molecule has 3 aromatic rings. The number of nitrogens with one attached hydrogen (secondary N) is 3. The lowest BCUT2D eigenvalue weighted by Crippen LogP contribution is -2.38. The highest BCUT2D eigenvalue weighted by Crippen LogP contribution is 2.31. The third-order valence-electron chi connectivity index (χ3n) is 5.96. The number of hydrogen-bond acceptors (Lipinski definition) is 5. The summed E-state index contributed by atoms with van der Waals surface area (Å²) in [5.74, 6) is -1.01. The molecule has 3 N–H and O–H groups in total. The Morgan fingerprint density at radius 2 is 1.81 bits per heavy atom. The second-order valence-corrected chi connectivity index (χ2v) is 8.02. The molecule has 0 spiro atoms. The number of carbonyl (C=O) groups is 2. The van der Waals surface area contributed by atoms with Gasteiger partial charge in [-0.1, -0.05) is 36.4 Å². The van der Waals surface area contributed by atoms with Crippen molar-refractivity contribution in [2.24, 2.45) is 0 Å². The van der Waals surface area contributed by atoms with E-state index in [2.05, 4.69) is 20.6 Å². The lowest BCUT2D eigenvalue weighted by Gasteiger charge is -2.29. The van der Waals surface area contributed by atoms with E-state index in [-0.39, 0.29) is 29.3 Å². The number of nitrogens with zero attached hydrogens (tertiary/aromatic N) is 2. The third-order valence-corrected chi connectivity index (χ3v) is 5.96. The van der Waals surface area contributed by atoms with Gasteiger partial charge in [0.1, 0.15) is 5.82 Å². The van der Waals surface area contributed by atoms with Gasteiger partial charge in [-0.2, -0.15) is 4.98 Å². The second-order valence-electron chi connectivity index (χ2n) is 8.02. The Morgan fingerprint density at radius 1 is 1.03 bits per heavy atom. The SMILES string of the molecule is O=C1C[C@H](C(=O)Nc2cccc3ccccc23)c2c(nc(N3CCCCC3)[nH]c2=O)N1. The van der Waals surface area contributed by atoms with Gasteiger partial charge in [-0.25, -0.2) is 0 Å². The van der Waals surface area contributed by atoms with Gasteiger partial charge < -0.3 is 15.5 Å². The maximum Gasteiger partial charge on any atom is 0.258 e. The lowest BCUT2D eigenvalue weighted by atomic mass is 9.92. The number of benzene rings is 2. The predicted molar refractivity (Wildman–Crippen MR) is 119 cm³/mol. The number of fused-ring (bicyclic) bond motifs is 2. The van der Waals surface area contributed by atoms with Crippen molar-refractivity contribution in [3.63, 3.8) is 0 Å². The lowest BCUT2D eigenvalue weighted by molar-refractivity contribution is -0.123. The predicted octanol–water partition coefficient (Wildman–Crippen LogP) is 2.98. The van der Waals surface area contributed by atoms with E-state index in [0.717, 1.165) is 43.1 Å². The Bertz CT molecular complexity index is 1220. The van der Waals surface area contributed by atoms with E-state index in [1.54, 1.807) is 0 Å². The van der Waals surface area contributed by atoms with E-state index < -0.39 is 11.8 Å². The molecule has 1 atom stereocenters. The number of amides is 2. The number of H-pyrrole nitrogens is 1. The zero-order valence-electron chi connectivity index (χ0n) is 17.0. The van der Waals surface area contributed by atoms with Crippen molar-refractivity contribution in [3.8, 4) is 0 Å². The van der Waals surface area contributed by atoms with Crippen molar-refractivity contribution in [1.29, 1.82) is 0 Å². The highest BCUT2D eigenvalue weighted by atomic mass is 16.2. The quantitative estimate of drug-likeness (QED) is 0.607. The molecule has 1 aromatic heterocycles. The number of anilines is 3. The van der Waals surface area contributed by atoms with Crippen LogP contribution in [0.3, 0.4) is 0 Å². The summed E-state index contributed by atoms with van der Waals surface area (Å²) in [4.78, 5) is 47.8. The van der Waals surface area contributed by atoms with Gasteiger partial charge in [0.15, 0.2) is 0 Å². The normalized spacial score (nSPS) is 18.4. The zero-order chi connectivity index (χ0) is 21.4. The first-order valence-electron chi connectivity index (χ1n) is 10.6. The van der Waals surface area contributed by atoms with Crippen LogP contribution in [0.2, 0.25) is 0 Å². The molecule has 158 valence electrons. The maximum atomic E-state index is 13.2. The van der Waals surface area contributed by atoms with Crippen LogP contribution in [0.5, 0.6) is 0 Å². The minimum Gasteiger partial charge on any atom is -0.342 e. The minimum absolute atomic E-state index is 0.0998. The van der Waals surface area contributed by atoms with Crippen molar-refractivity contribution >= 4 is 40.0 Å². The van der Waals surface area contributed by atoms with Gasteiger partial charge in [0.25, 0.3) is 5.56 Å². The fourth-order valence-electron chi connectivity index (χ4n) is 4.39. The molecule has 2 amide bonds. The van der Waals surface area contributed by atoms with E-state index in [9.17, 15) is 14.4 Å². The summed E-state index contributed by atoms with van der Waals surface area (Å²) in [6.45, 7) is 1.61. The van der Waals surface area contributed by atoms with Crippen LogP contribution in [-0.4, -0.2) is 34.9 Å². The average molecular weight is 417 g/mol. The number of carbonyl (C=O) groups excluding carboxylic acids is 2. The molecule has 8 heteroatoms. The first-order chi connectivity index (χ1) is 15.1. The van der Waals surface area contributed by atoms with E-state index in [1.165, 1.54) is 0 Å². The molecule has 0 unspecified atom stereocenters. The van der Waals surface area contributed by atoms with E-state index >= 15 is 0 Å². The summed E-state index contributed by atoms with van der Waals surface area (Å²) in [6, 6.07) is 13.4. The molecule has 2 aliphatic rings. The molecule has 3 heterocycles. The molecule has 0 saturated carbocycles. The monoisotopic (exact) mass is 417 g/mol. The van der Waals surface area contributed by atoms with Crippen LogP contribution in [0.4, 0.5) is 17.5 Å². The van der Waals surface area contributed by atoms with Crippen LogP contribution in [0.25, 0.3) is 10.8 Å². The van der Waals surface area contributed by atoms with Gasteiger partial charge in [-0.3, -0.25) is 19.4 Å². The molecule has 1 saturated heterocycles. The van der Waals surface area contributed by atoms with Gasteiger partial charge in [-0.15, -0.1) is 0 Å². The minimum atomic E-state index is -0.908. The van der Waals surface area contributed by atoms with Gasteiger partial charge in [0.05, 0.1) is 11.5 Å². The van der Waals surface area contributed by atoms with E-state index in [0.29, 0.717) is 11.6 Å². The van der Waals surface area contributed by atoms with Gasteiger partial charge >= 0.3 is 0 Å². The molecular weight excluding hydrogens is 394 g/mol. The van der Waals surface area contributed by atoms with Crippen LogP contribution >= 0.6 is 0 Å². The van der Waals surface area contributed by atoms with Crippen molar-refractivity contribution in [2.45, 2.75) is 31.6 Å². The van der Waals surface area contributed by atoms with E-state index in [1.807, 2.05) is 47.4 Å². The van der Waals surface area contributed by atoms with Gasteiger partial charge in [0, 0.05) is 30.6 Å². The number of rotatable bonds is 3. The van der Waals surface area contributed by atoms with Crippen molar-refractivity contribution in [1.82, 2.24) is 9.97 Å². The summed E-state index contributed by atoms with van der Waals surface area (Å²) in [6.07, 6.45) is 3.11. The topological polar surface area (TPSA) is 107 Å². The molecule has 2 aliphatic heterocycles. The summed E-state index contributed by atoms with van der Waals surface area (Å²) in [7, 11) is 0. The highest BCUT2D eigenvalue weighted by molar-refractivity contribution is 6.08.